The molecule has 0 bridgehead atoms. The van der Waals surface area contributed by atoms with Gasteiger partial charge in [0.15, 0.2) is 0 Å². The van der Waals surface area contributed by atoms with Crippen molar-refractivity contribution in [2.45, 2.75) is 18.9 Å². The van der Waals surface area contributed by atoms with E-state index in [2.05, 4.69) is 10.2 Å². The lowest BCUT2D eigenvalue weighted by atomic mass is 10.1. The first kappa shape index (κ1) is 22.0. The topological polar surface area (TPSA) is 82.2 Å². The van der Waals surface area contributed by atoms with Gasteiger partial charge in [-0.25, -0.2) is 13.2 Å². The van der Waals surface area contributed by atoms with E-state index < -0.39 is 10.0 Å². The molecule has 2 aliphatic heterocycles. The molecule has 2 amide bonds. The summed E-state index contributed by atoms with van der Waals surface area (Å²) in [4.78, 5) is 16.4. The van der Waals surface area contributed by atoms with Crippen molar-refractivity contribution in [3.05, 3.63) is 35.9 Å². The van der Waals surface area contributed by atoms with Crippen molar-refractivity contribution in [1.82, 2.24) is 19.4 Å². The third kappa shape index (κ3) is 6.67. The molecule has 1 atom stereocenters. The maximum Gasteiger partial charge on any atom is 0.317 e. The summed E-state index contributed by atoms with van der Waals surface area (Å²) in [6, 6.07) is 9.74. The van der Waals surface area contributed by atoms with Gasteiger partial charge in [0.25, 0.3) is 0 Å². The zero-order valence-corrected chi connectivity index (χ0v) is 17.9. The highest BCUT2D eigenvalue weighted by Gasteiger charge is 2.34. The van der Waals surface area contributed by atoms with Crippen LogP contribution in [0.1, 0.15) is 12.0 Å². The summed E-state index contributed by atoms with van der Waals surface area (Å²) in [7, 11) is -3.33. The number of benzene rings is 1. The standard InChI is InChI=1S/C20H32N4O4S/c1-29(26,27)24(12-11-22-13-15-28-16-14-22)19-8-10-23(17-19)20(25)21-9-7-18-5-3-2-4-6-18/h2-6,19H,7-17H2,1H3,(H,21,25). The fraction of sp³-hybridized carbons (Fsp3) is 0.650. The van der Waals surface area contributed by atoms with Gasteiger partial charge in [0, 0.05) is 51.9 Å². The summed E-state index contributed by atoms with van der Waals surface area (Å²) >= 11 is 0. The molecular weight excluding hydrogens is 392 g/mol. The third-order valence-corrected chi connectivity index (χ3v) is 6.89. The average molecular weight is 425 g/mol. The molecule has 1 N–H and O–H groups in total. The Morgan fingerprint density at radius 2 is 1.93 bits per heavy atom. The minimum Gasteiger partial charge on any atom is -0.379 e. The van der Waals surface area contributed by atoms with Gasteiger partial charge in [-0.05, 0) is 18.4 Å². The first-order valence-electron chi connectivity index (χ1n) is 10.3. The van der Waals surface area contributed by atoms with Crippen molar-refractivity contribution in [1.29, 1.82) is 0 Å². The van der Waals surface area contributed by atoms with Crippen LogP contribution in [0.5, 0.6) is 0 Å². The van der Waals surface area contributed by atoms with Gasteiger partial charge >= 0.3 is 6.03 Å². The lowest BCUT2D eigenvalue weighted by Crippen LogP contribution is -2.48. The molecule has 2 fully saturated rings. The highest BCUT2D eigenvalue weighted by atomic mass is 32.2. The van der Waals surface area contributed by atoms with Crippen LogP contribution in [-0.2, 0) is 21.2 Å². The monoisotopic (exact) mass is 424 g/mol. The first-order chi connectivity index (χ1) is 13.9. The number of rotatable bonds is 8. The summed E-state index contributed by atoms with van der Waals surface area (Å²) in [5.41, 5.74) is 1.18. The van der Waals surface area contributed by atoms with Crippen molar-refractivity contribution < 1.29 is 17.9 Å². The molecule has 3 rings (SSSR count). The van der Waals surface area contributed by atoms with Gasteiger partial charge in [-0.1, -0.05) is 30.3 Å². The maximum atomic E-state index is 12.5. The predicted octanol–water partition coefficient (Wildman–Crippen LogP) is 0.607. The second-order valence-electron chi connectivity index (χ2n) is 7.68. The summed E-state index contributed by atoms with van der Waals surface area (Å²) < 4.78 is 31.6. The summed E-state index contributed by atoms with van der Waals surface area (Å²) in [6.07, 6.45) is 2.70. The molecule has 0 spiro atoms. The summed E-state index contributed by atoms with van der Waals surface area (Å²) in [6.45, 7) is 5.77. The van der Waals surface area contributed by atoms with Crippen LogP contribution in [0, 0.1) is 0 Å². The molecule has 2 saturated heterocycles. The van der Waals surface area contributed by atoms with Crippen LogP contribution in [0.4, 0.5) is 4.79 Å². The number of nitrogens with one attached hydrogen (secondary N) is 1. The molecular formula is C20H32N4O4S. The number of urea groups is 1. The van der Waals surface area contributed by atoms with Gasteiger partial charge < -0.3 is 15.0 Å². The predicted molar refractivity (Wildman–Crippen MR) is 112 cm³/mol. The smallest absolute Gasteiger partial charge is 0.317 e. The molecule has 0 radical (unpaired) electrons. The molecule has 8 nitrogen and oxygen atoms in total. The zero-order valence-electron chi connectivity index (χ0n) is 17.1. The highest BCUT2D eigenvalue weighted by Crippen LogP contribution is 2.18. The molecule has 2 aliphatic rings. The van der Waals surface area contributed by atoms with Gasteiger partial charge in [0.1, 0.15) is 0 Å². The molecule has 29 heavy (non-hydrogen) atoms. The maximum absolute atomic E-state index is 12.5. The van der Waals surface area contributed by atoms with Crippen LogP contribution < -0.4 is 5.32 Å². The molecule has 9 heteroatoms. The van der Waals surface area contributed by atoms with E-state index in [1.807, 2.05) is 30.3 Å². The van der Waals surface area contributed by atoms with Crippen molar-refractivity contribution in [3.63, 3.8) is 0 Å². The Morgan fingerprint density at radius 3 is 2.62 bits per heavy atom. The third-order valence-electron chi connectivity index (χ3n) is 5.56. The Bertz CT molecular complexity index is 753. The van der Waals surface area contributed by atoms with E-state index in [0.29, 0.717) is 52.4 Å². The number of morpholine rings is 1. The number of hydrogen-bond acceptors (Lipinski definition) is 5. The van der Waals surface area contributed by atoms with Crippen LogP contribution in [0.15, 0.2) is 30.3 Å². The van der Waals surface area contributed by atoms with Crippen molar-refractivity contribution in [2.24, 2.45) is 0 Å². The Labute approximate surface area is 173 Å². The molecule has 1 aromatic rings. The second-order valence-corrected chi connectivity index (χ2v) is 9.62. The molecule has 1 aromatic carbocycles. The number of nitrogens with zero attached hydrogens (tertiary/aromatic N) is 3. The molecule has 162 valence electrons. The van der Waals surface area contributed by atoms with Gasteiger partial charge in [0.2, 0.25) is 10.0 Å². The Kier molecular flexibility index (Phi) is 7.88. The highest BCUT2D eigenvalue weighted by molar-refractivity contribution is 7.88. The number of likely N-dealkylation sites (tertiary alicyclic amines) is 1. The second kappa shape index (κ2) is 10.4. The van der Waals surface area contributed by atoms with Crippen LogP contribution in [0.2, 0.25) is 0 Å². The zero-order chi connectivity index (χ0) is 20.7. The van der Waals surface area contributed by atoms with Gasteiger partial charge in [0.05, 0.1) is 19.5 Å². The minimum atomic E-state index is -3.33. The van der Waals surface area contributed by atoms with Gasteiger partial charge in [-0.3, -0.25) is 4.90 Å². The number of hydrogen-bond donors (Lipinski definition) is 1. The van der Waals surface area contributed by atoms with E-state index in [9.17, 15) is 13.2 Å². The molecule has 0 aliphatic carbocycles. The number of carbonyl (C=O) groups excluding carboxylic acids is 1. The first-order valence-corrected chi connectivity index (χ1v) is 12.1. The number of carbonyl (C=O) groups is 1. The van der Waals surface area contributed by atoms with Crippen LogP contribution in [0.3, 0.4) is 0 Å². The SMILES string of the molecule is CS(=O)(=O)N(CCN1CCOCC1)C1CCN(C(=O)NCCc2ccccc2)C1. The molecule has 2 heterocycles. The lowest BCUT2D eigenvalue weighted by molar-refractivity contribution is 0.0354. The van der Waals surface area contributed by atoms with E-state index in [4.69, 9.17) is 4.74 Å². The number of amides is 2. The molecule has 0 aromatic heterocycles. The Balaban J connectivity index is 1.47. The van der Waals surface area contributed by atoms with Crippen LogP contribution >= 0.6 is 0 Å². The van der Waals surface area contributed by atoms with Crippen molar-refractivity contribution in [3.8, 4) is 0 Å². The van der Waals surface area contributed by atoms with Crippen molar-refractivity contribution >= 4 is 16.1 Å². The van der Waals surface area contributed by atoms with Crippen molar-refractivity contribution in [2.75, 3.05) is 65.3 Å². The fourth-order valence-corrected chi connectivity index (χ4v) is 5.04. The minimum absolute atomic E-state index is 0.120. The fourth-order valence-electron chi connectivity index (χ4n) is 3.92. The lowest BCUT2D eigenvalue weighted by Gasteiger charge is -2.31. The number of ether oxygens (including phenoxy) is 1. The normalized spacial score (nSPS) is 20.9. The average Bonchev–Trinajstić information content (AvgIpc) is 3.18. The Hall–Kier alpha value is -1.68. The Morgan fingerprint density at radius 1 is 1.21 bits per heavy atom. The van der Waals surface area contributed by atoms with E-state index in [1.165, 1.54) is 11.8 Å². The van der Waals surface area contributed by atoms with E-state index >= 15 is 0 Å². The molecule has 1 unspecified atom stereocenters. The largest absolute Gasteiger partial charge is 0.379 e. The van der Waals surface area contributed by atoms with Gasteiger partial charge in [-0.2, -0.15) is 4.31 Å². The van der Waals surface area contributed by atoms with E-state index in [0.717, 1.165) is 19.5 Å². The van der Waals surface area contributed by atoms with E-state index in [1.54, 1.807) is 9.21 Å². The number of sulfonamides is 1. The summed E-state index contributed by atoms with van der Waals surface area (Å²) in [5, 5.41) is 2.95. The quantitative estimate of drug-likeness (QED) is 0.661. The van der Waals surface area contributed by atoms with Gasteiger partial charge in [-0.15, -0.1) is 0 Å². The summed E-state index contributed by atoms with van der Waals surface area (Å²) in [5.74, 6) is 0. The van der Waals surface area contributed by atoms with E-state index in [-0.39, 0.29) is 12.1 Å². The molecule has 0 saturated carbocycles. The van der Waals surface area contributed by atoms with Crippen LogP contribution in [0.25, 0.3) is 0 Å². The van der Waals surface area contributed by atoms with Crippen LogP contribution in [-0.4, -0.2) is 99.9 Å².